The van der Waals surface area contributed by atoms with E-state index >= 15 is 0 Å². The van der Waals surface area contributed by atoms with Crippen LogP contribution in [0.5, 0.6) is 0 Å². The zero-order valence-electron chi connectivity index (χ0n) is 17.6. The van der Waals surface area contributed by atoms with E-state index in [4.69, 9.17) is 0 Å². The molecule has 4 rings (SSSR count). The van der Waals surface area contributed by atoms with Gasteiger partial charge >= 0.3 is 6.18 Å². The van der Waals surface area contributed by atoms with E-state index in [0.717, 1.165) is 29.3 Å². The summed E-state index contributed by atoms with van der Waals surface area (Å²) in [5, 5.41) is 5.63. The number of fused-ring (bicyclic) bond motifs is 1. The van der Waals surface area contributed by atoms with Gasteiger partial charge in [0.2, 0.25) is 10.0 Å². The number of amides is 1. The minimum absolute atomic E-state index is 0.148. The van der Waals surface area contributed by atoms with Gasteiger partial charge in [-0.3, -0.25) is 4.79 Å². The lowest BCUT2D eigenvalue weighted by atomic mass is 10.1. The fourth-order valence-electron chi connectivity index (χ4n) is 3.52. The lowest BCUT2D eigenvalue weighted by Gasteiger charge is -2.29. The second-order valence-corrected chi connectivity index (χ2v) is 9.41. The molecule has 6 nitrogen and oxygen atoms in total. The van der Waals surface area contributed by atoms with Gasteiger partial charge in [-0.15, -0.1) is 0 Å². The van der Waals surface area contributed by atoms with E-state index in [2.05, 4.69) is 15.4 Å². The molecule has 172 valence electrons. The second-order valence-electron chi connectivity index (χ2n) is 7.73. The number of sulfonamides is 1. The molecule has 0 saturated heterocycles. The molecule has 33 heavy (non-hydrogen) atoms. The van der Waals surface area contributed by atoms with Gasteiger partial charge in [0, 0.05) is 11.3 Å². The lowest BCUT2D eigenvalue weighted by Crippen LogP contribution is -2.38. The topological polar surface area (TPSA) is 87.3 Å². The monoisotopic (exact) mass is 475 g/mol. The first-order valence-corrected chi connectivity index (χ1v) is 11.4. The number of carbonyl (C=O) groups is 1. The molecule has 1 heterocycles. The Hall–Kier alpha value is -3.37. The molecule has 3 aromatic carbocycles. The summed E-state index contributed by atoms with van der Waals surface area (Å²) in [6.45, 7) is 3.84. The molecule has 0 spiro atoms. The highest BCUT2D eigenvalue weighted by molar-refractivity contribution is 7.89. The molecule has 1 unspecified atom stereocenters. The number of rotatable bonds is 3. The maximum Gasteiger partial charge on any atom is 0.416 e. The number of nitrogens with one attached hydrogen (secondary N) is 3. The molecule has 3 aromatic rings. The number of benzene rings is 3. The van der Waals surface area contributed by atoms with Crippen LogP contribution >= 0.6 is 0 Å². The average molecular weight is 475 g/mol. The molecule has 0 saturated carbocycles. The Bertz CT molecular complexity index is 1340. The number of alkyl halides is 3. The van der Waals surface area contributed by atoms with Crippen LogP contribution in [0, 0.1) is 13.8 Å². The molecule has 1 aliphatic rings. The highest BCUT2D eigenvalue weighted by Crippen LogP contribution is 2.37. The van der Waals surface area contributed by atoms with Gasteiger partial charge in [-0.05, 0) is 66.9 Å². The Labute approximate surface area is 188 Å². The van der Waals surface area contributed by atoms with Crippen LogP contribution in [-0.4, -0.2) is 14.3 Å². The van der Waals surface area contributed by atoms with Crippen LogP contribution < -0.4 is 15.4 Å². The van der Waals surface area contributed by atoms with E-state index < -0.39 is 27.9 Å². The SMILES string of the molecule is Cc1cccc(NC(=O)c2ccc(C3Nc4cc(C(F)(F)F)ccc4S(=O)(=O)N3)cc2)c1C. The van der Waals surface area contributed by atoms with Crippen molar-refractivity contribution in [2.45, 2.75) is 31.1 Å². The van der Waals surface area contributed by atoms with E-state index in [1.807, 2.05) is 26.0 Å². The van der Waals surface area contributed by atoms with Gasteiger partial charge < -0.3 is 10.6 Å². The molecule has 1 amide bonds. The van der Waals surface area contributed by atoms with Crippen molar-refractivity contribution in [1.29, 1.82) is 0 Å². The van der Waals surface area contributed by atoms with E-state index in [0.29, 0.717) is 16.8 Å². The number of hydrogen-bond donors (Lipinski definition) is 3. The van der Waals surface area contributed by atoms with Crippen molar-refractivity contribution >= 4 is 27.3 Å². The van der Waals surface area contributed by atoms with Gasteiger partial charge in [-0.25, -0.2) is 8.42 Å². The molecule has 0 aromatic heterocycles. The molecule has 10 heteroatoms. The van der Waals surface area contributed by atoms with Crippen molar-refractivity contribution in [3.63, 3.8) is 0 Å². The van der Waals surface area contributed by atoms with E-state index in [1.54, 1.807) is 6.07 Å². The van der Waals surface area contributed by atoms with Crippen LogP contribution in [0.4, 0.5) is 24.5 Å². The fourth-order valence-corrected chi connectivity index (χ4v) is 4.80. The third kappa shape index (κ3) is 4.57. The molecule has 0 fully saturated rings. The molecule has 0 aliphatic carbocycles. The molecule has 1 aliphatic heterocycles. The molecule has 3 N–H and O–H groups in total. The van der Waals surface area contributed by atoms with Crippen LogP contribution in [0.3, 0.4) is 0 Å². The van der Waals surface area contributed by atoms with Gasteiger partial charge in [0.1, 0.15) is 11.1 Å². The third-order valence-corrected chi connectivity index (χ3v) is 7.01. The standard InChI is InChI=1S/C23H20F3N3O3S/c1-13-4-3-5-18(14(13)2)28-22(30)16-8-6-15(7-9-16)21-27-19-12-17(23(24,25)26)10-11-20(19)33(31,32)29-21/h3-12,21,27,29H,1-2H3,(H,28,30). The van der Waals surface area contributed by atoms with Gasteiger partial charge in [-0.1, -0.05) is 24.3 Å². The average Bonchev–Trinajstić information content (AvgIpc) is 2.75. The third-order valence-electron chi connectivity index (χ3n) is 5.53. The summed E-state index contributed by atoms with van der Waals surface area (Å²) in [4.78, 5) is 12.4. The quantitative estimate of drug-likeness (QED) is 0.499. The van der Waals surface area contributed by atoms with Crippen LogP contribution in [0.15, 0.2) is 65.6 Å². The number of carbonyl (C=O) groups excluding carboxylic acids is 1. The maximum absolute atomic E-state index is 13.1. The first-order valence-electron chi connectivity index (χ1n) is 9.93. The van der Waals surface area contributed by atoms with Crippen LogP contribution in [-0.2, 0) is 16.2 Å². The smallest absolute Gasteiger partial charge is 0.364 e. The highest BCUT2D eigenvalue weighted by atomic mass is 32.2. The molecule has 0 radical (unpaired) electrons. The molecule has 0 bridgehead atoms. The summed E-state index contributed by atoms with van der Waals surface area (Å²) in [6.07, 6.45) is -5.60. The Balaban J connectivity index is 1.57. The number of aryl methyl sites for hydroxylation is 1. The van der Waals surface area contributed by atoms with Crippen molar-refractivity contribution in [2.24, 2.45) is 0 Å². The summed E-state index contributed by atoms with van der Waals surface area (Å²) in [7, 11) is -4.04. The molecular weight excluding hydrogens is 455 g/mol. The second kappa shape index (κ2) is 8.20. The Morgan fingerprint density at radius 3 is 2.36 bits per heavy atom. The van der Waals surface area contributed by atoms with Crippen molar-refractivity contribution < 1.29 is 26.4 Å². The number of anilines is 2. The van der Waals surface area contributed by atoms with Crippen molar-refractivity contribution in [3.05, 3.63) is 88.5 Å². The Kier molecular flexibility index (Phi) is 5.67. The fraction of sp³-hybridized carbons (Fsp3) is 0.174. The van der Waals surface area contributed by atoms with Gasteiger partial charge in [0.15, 0.2) is 0 Å². The first-order chi connectivity index (χ1) is 15.5. The lowest BCUT2D eigenvalue weighted by molar-refractivity contribution is -0.137. The Morgan fingerprint density at radius 2 is 1.70 bits per heavy atom. The molecular formula is C23H20F3N3O3S. The largest absolute Gasteiger partial charge is 0.416 e. The summed E-state index contributed by atoms with van der Waals surface area (Å²) in [5.74, 6) is -0.340. The normalized spacial score (nSPS) is 17.1. The summed E-state index contributed by atoms with van der Waals surface area (Å²) in [5.41, 5.74) is 2.34. The van der Waals surface area contributed by atoms with Gasteiger partial charge in [-0.2, -0.15) is 17.9 Å². The Morgan fingerprint density at radius 1 is 1.00 bits per heavy atom. The zero-order chi connectivity index (χ0) is 24.0. The minimum Gasteiger partial charge on any atom is -0.364 e. The van der Waals surface area contributed by atoms with Crippen molar-refractivity contribution in [3.8, 4) is 0 Å². The van der Waals surface area contributed by atoms with E-state index in [9.17, 15) is 26.4 Å². The highest BCUT2D eigenvalue weighted by Gasteiger charge is 2.35. The summed E-state index contributed by atoms with van der Waals surface area (Å²) in [6, 6.07) is 14.1. The molecule has 1 atom stereocenters. The predicted octanol–water partition coefficient (Wildman–Crippen LogP) is 4.98. The van der Waals surface area contributed by atoms with E-state index in [1.165, 1.54) is 24.3 Å². The minimum atomic E-state index is -4.61. The first kappa shape index (κ1) is 22.8. The predicted molar refractivity (Wildman–Crippen MR) is 118 cm³/mol. The van der Waals surface area contributed by atoms with Crippen LogP contribution in [0.2, 0.25) is 0 Å². The van der Waals surface area contributed by atoms with Crippen LogP contribution in [0.1, 0.15) is 38.8 Å². The van der Waals surface area contributed by atoms with Gasteiger partial charge in [0.25, 0.3) is 5.91 Å². The summed E-state index contributed by atoms with van der Waals surface area (Å²) >= 11 is 0. The maximum atomic E-state index is 13.1. The van der Waals surface area contributed by atoms with Gasteiger partial charge in [0.05, 0.1) is 11.3 Å². The number of halogens is 3. The number of hydrogen-bond acceptors (Lipinski definition) is 4. The van der Waals surface area contributed by atoms with Crippen molar-refractivity contribution in [1.82, 2.24) is 4.72 Å². The van der Waals surface area contributed by atoms with E-state index in [-0.39, 0.29) is 16.5 Å². The van der Waals surface area contributed by atoms with Crippen molar-refractivity contribution in [2.75, 3.05) is 10.6 Å². The summed E-state index contributed by atoms with van der Waals surface area (Å²) < 4.78 is 66.7. The van der Waals surface area contributed by atoms with Crippen LogP contribution in [0.25, 0.3) is 0 Å². The zero-order valence-corrected chi connectivity index (χ0v) is 18.4.